The fraction of sp³-hybridized carbons (Fsp3) is 0.462. The number of nitrogens with zero attached hydrogens (tertiary/aromatic N) is 2. The third-order valence-corrected chi connectivity index (χ3v) is 8.22. The molecule has 174 valence electrons. The molecule has 1 aromatic heterocycles. The molecule has 2 N–H and O–H groups in total. The minimum absolute atomic E-state index is 0.180. The van der Waals surface area contributed by atoms with E-state index in [1.165, 1.54) is 0 Å². The van der Waals surface area contributed by atoms with Gasteiger partial charge in [0.15, 0.2) is 5.58 Å². The van der Waals surface area contributed by atoms with Crippen molar-refractivity contribution in [3.63, 3.8) is 0 Å². The lowest BCUT2D eigenvalue weighted by Gasteiger charge is -2.55. The van der Waals surface area contributed by atoms with Gasteiger partial charge in [0.1, 0.15) is 5.52 Å². The highest BCUT2D eigenvalue weighted by atomic mass is 79.9. The van der Waals surface area contributed by atoms with E-state index in [4.69, 9.17) is 9.40 Å². The van der Waals surface area contributed by atoms with Gasteiger partial charge in [-0.2, -0.15) is 0 Å². The molecule has 7 heteroatoms. The van der Waals surface area contributed by atoms with Crippen molar-refractivity contribution >= 4 is 33.1 Å². The maximum absolute atomic E-state index is 12.3. The Morgan fingerprint density at radius 1 is 1.12 bits per heavy atom. The summed E-state index contributed by atoms with van der Waals surface area (Å²) in [5, 5.41) is 20.7. The molecule has 3 saturated carbocycles. The van der Waals surface area contributed by atoms with Crippen molar-refractivity contribution in [2.24, 2.45) is 0 Å². The van der Waals surface area contributed by atoms with Crippen LogP contribution in [0.4, 0.5) is 4.79 Å². The van der Waals surface area contributed by atoms with Crippen molar-refractivity contribution in [3.05, 3.63) is 64.0 Å². The van der Waals surface area contributed by atoms with Crippen LogP contribution in [0.3, 0.4) is 0 Å². The fourth-order valence-corrected chi connectivity index (χ4v) is 6.22. The number of benzene rings is 2. The number of aromatic nitrogens is 1. The molecule has 1 amide bonds. The number of amides is 1. The lowest BCUT2D eigenvalue weighted by Crippen LogP contribution is -2.59. The highest BCUT2D eigenvalue weighted by molar-refractivity contribution is 9.10. The molecule has 33 heavy (non-hydrogen) atoms. The Morgan fingerprint density at radius 2 is 1.76 bits per heavy atom. The van der Waals surface area contributed by atoms with Crippen LogP contribution in [0, 0.1) is 0 Å². The highest BCUT2D eigenvalue weighted by Gasteiger charge is 2.55. The lowest BCUT2D eigenvalue weighted by molar-refractivity contribution is -0.0253. The van der Waals surface area contributed by atoms with E-state index in [2.05, 4.69) is 15.9 Å². The number of hydrogen-bond acceptors (Lipinski definition) is 4. The van der Waals surface area contributed by atoms with Gasteiger partial charge in [0.25, 0.3) is 0 Å². The molecule has 3 aliphatic carbocycles. The first kappa shape index (κ1) is 22.4. The summed E-state index contributed by atoms with van der Waals surface area (Å²) in [6, 6.07) is 13.6. The smallest absolute Gasteiger partial charge is 0.408 e. The summed E-state index contributed by atoms with van der Waals surface area (Å²) < 4.78 is 7.21. The van der Waals surface area contributed by atoms with Crippen LogP contribution in [0.15, 0.2) is 51.4 Å². The molecular formula is C26H29BrN2O4. The van der Waals surface area contributed by atoms with Gasteiger partial charge >= 0.3 is 6.09 Å². The van der Waals surface area contributed by atoms with Gasteiger partial charge in [-0.1, -0.05) is 46.3 Å². The Morgan fingerprint density at radius 3 is 2.33 bits per heavy atom. The number of fused-ring (bicyclic) bond motifs is 4. The van der Waals surface area contributed by atoms with E-state index in [1.807, 2.05) is 42.5 Å². The molecule has 0 unspecified atom stereocenters. The van der Waals surface area contributed by atoms with Gasteiger partial charge in [-0.3, -0.25) is 4.90 Å². The summed E-state index contributed by atoms with van der Waals surface area (Å²) in [5.74, 6) is 0.722. The van der Waals surface area contributed by atoms with Crippen LogP contribution in [-0.4, -0.2) is 31.7 Å². The van der Waals surface area contributed by atoms with Crippen molar-refractivity contribution in [3.8, 4) is 0 Å². The minimum atomic E-state index is -1.05. The molecule has 0 aliphatic heterocycles. The van der Waals surface area contributed by atoms with E-state index < -0.39 is 11.7 Å². The van der Waals surface area contributed by atoms with Crippen LogP contribution >= 0.6 is 15.9 Å². The first-order chi connectivity index (χ1) is 15.6. The second kappa shape index (κ2) is 7.84. The van der Waals surface area contributed by atoms with Gasteiger partial charge in [0.05, 0.1) is 5.60 Å². The Bertz CT molecular complexity index is 1170. The first-order valence-electron chi connectivity index (χ1n) is 11.5. The van der Waals surface area contributed by atoms with Crippen LogP contribution in [0.25, 0.3) is 11.1 Å². The first-order valence-corrected chi connectivity index (χ1v) is 12.3. The molecule has 0 atom stereocenters. The third-order valence-electron chi connectivity index (χ3n) is 7.76. The second-order valence-electron chi connectivity index (χ2n) is 10.2. The van der Waals surface area contributed by atoms with E-state index in [0.717, 1.165) is 60.0 Å². The van der Waals surface area contributed by atoms with Crippen LogP contribution in [0.2, 0.25) is 0 Å². The van der Waals surface area contributed by atoms with E-state index in [1.54, 1.807) is 18.7 Å². The van der Waals surface area contributed by atoms with Crippen molar-refractivity contribution in [1.82, 2.24) is 9.88 Å². The molecule has 2 aromatic carbocycles. The molecular weight excluding hydrogens is 484 g/mol. The van der Waals surface area contributed by atoms with Gasteiger partial charge in [0, 0.05) is 27.5 Å². The SMILES string of the molecule is CC(C)(O)c1cc(Br)cc2nc(C34CCC(N(Cc5ccccc5)C(=O)O)(CC3)CC4)oc12. The molecule has 3 aromatic rings. The predicted octanol–water partition coefficient (Wildman–Crippen LogP) is 6.34. The maximum Gasteiger partial charge on any atom is 0.408 e. The zero-order valence-electron chi connectivity index (χ0n) is 19.0. The molecule has 0 saturated heterocycles. The van der Waals surface area contributed by atoms with E-state index in [0.29, 0.717) is 17.7 Å². The molecule has 0 radical (unpaired) electrons. The Kier molecular flexibility index (Phi) is 5.33. The highest BCUT2D eigenvalue weighted by Crippen LogP contribution is 2.56. The number of hydrogen-bond donors (Lipinski definition) is 2. The number of oxazole rings is 1. The Hall–Kier alpha value is -2.38. The second-order valence-corrected chi connectivity index (χ2v) is 11.2. The molecule has 3 fully saturated rings. The fourth-order valence-electron chi connectivity index (χ4n) is 5.78. The van der Waals surface area contributed by atoms with Crippen LogP contribution in [0.5, 0.6) is 0 Å². The summed E-state index contributed by atoms with van der Waals surface area (Å²) >= 11 is 3.53. The lowest BCUT2D eigenvalue weighted by atomic mass is 9.56. The van der Waals surface area contributed by atoms with E-state index in [-0.39, 0.29) is 11.0 Å². The largest absolute Gasteiger partial charge is 0.465 e. The van der Waals surface area contributed by atoms with Crippen molar-refractivity contribution in [2.75, 3.05) is 0 Å². The van der Waals surface area contributed by atoms with Gasteiger partial charge in [-0.25, -0.2) is 9.78 Å². The number of carboxylic acid groups (broad SMARTS) is 1. The maximum atomic E-state index is 12.3. The summed E-state index contributed by atoms with van der Waals surface area (Å²) in [5.41, 5.74) is 1.53. The quantitative estimate of drug-likeness (QED) is 0.416. The van der Waals surface area contributed by atoms with Gasteiger partial charge in [0.2, 0.25) is 5.89 Å². The van der Waals surface area contributed by atoms with Gasteiger partial charge < -0.3 is 14.6 Å². The monoisotopic (exact) mass is 512 g/mol. The van der Waals surface area contributed by atoms with Crippen LogP contribution in [0.1, 0.15) is 69.4 Å². The molecule has 2 bridgehead atoms. The summed E-state index contributed by atoms with van der Waals surface area (Å²) in [4.78, 5) is 18.8. The topological polar surface area (TPSA) is 86.8 Å². The molecule has 6 rings (SSSR count). The zero-order chi connectivity index (χ0) is 23.4. The predicted molar refractivity (Wildman–Crippen MR) is 129 cm³/mol. The zero-order valence-corrected chi connectivity index (χ0v) is 20.6. The summed E-state index contributed by atoms with van der Waals surface area (Å²) in [7, 11) is 0. The molecule has 6 nitrogen and oxygen atoms in total. The number of carbonyl (C=O) groups is 1. The van der Waals surface area contributed by atoms with Crippen LogP contribution in [-0.2, 0) is 17.6 Å². The average Bonchev–Trinajstić information content (AvgIpc) is 3.22. The average molecular weight is 513 g/mol. The molecule has 0 spiro atoms. The Balaban J connectivity index is 1.44. The molecule has 3 aliphatic rings. The minimum Gasteiger partial charge on any atom is -0.465 e. The van der Waals surface area contributed by atoms with Crippen LogP contribution < -0.4 is 0 Å². The normalized spacial score (nSPS) is 24.8. The molecule has 1 heterocycles. The van der Waals surface area contributed by atoms with Crippen molar-refractivity contribution in [2.45, 2.75) is 75.5 Å². The van der Waals surface area contributed by atoms with Crippen molar-refractivity contribution < 1.29 is 19.4 Å². The van der Waals surface area contributed by atoms with Crippen molar-refractivity contribution in [1.29, 1.82) is 0 Å². The Labute approximate surface area is 201 Å². The van der Waals surface area contributed by atoms with Gasteiger partial charge in [-0.05, 0) is 70.1 Å². The summed E-state index contributed by atoms with van der Waals surface area (Å²) in [6.07, 6.45) is 4.08. The number of halogens is 1. The summed E-state index contributed by atoms with van der Waals surface area (Å²) in [6.45, 7) is 3.91. The van der Waals surface area contributed by atoms with E-state index in [9.17, 15) is 15.0 Å². The van der Waals surface area contributed by atoms with Gasteiger partial charge in [-0.15, -0.1) is 0 Å². The van der Waals surface area contributed by atoms with E-state index >= 15 is 0 Å². The number of rotatable bonds is 5. The standard InChI is InChI=1S/C26H29BrN2O4/c1-24(2,32)19-14-18(27)15-20-21(19)33-22(28-20)25-8-11-26(12-9-25,13-10-25)29(23(30)31)16-17-6-4-3-5-7-17/h3-7,14-15,32H,8-13,16H2,1-2H3,(H,30,31). The third kappa shape index (κ3) is 3.85. The number of aliphatic hydroxyl groups is 1.